The molecule has 1 fully saturated rings. The highest BCUT2D eigenvalue weighted by Gasteiger charge is 2.35. The molecule has 0 bridgehead atoms. The number of hydrogen-bond donors (Lipinski definition) is 2. The molecule has 1 aromatic heterocycles. The number of amides is 3. The zero-order valence-electron chi connectivity index (χ0n) is 15.4. The Kier molecular flexibility index (Phi) is 6.45. The Hall–Kier alpha value is -2.27. The second-order valence-corrected chi connectivity index (χ2v) is 9.37. The van der Waals surface area contributed by atoms with Crippen molar-refractivity contribution in [3.8, 4) is 0 Å². The normalized spacial score (nSPS) is 17.0. The number of nitrogens with one attached hydrogen (secondary N) is 2. The summed E-state index contributed by atoms with van der Waals surface area (Å²) in [6, 6.07) is 11.2. The van der Waals surface area contributed by atoms with Gasteiger partial charge in [-0.25, -0.2) is 13.2 Å². The molecule has 1 aliphatic rings. The summed E-state index contributed by atoms with van der Waals surface area (Å²) in [5.41, 5.74) is 0.749. The monoisotopic (exact) mass is 422 g/mol. The van der Waals surface area contributed by atoms with Crippen LogP contribution in [0, 0.1) is 0 Å². The zero-order chi connectivity index (χ0) is 20.1. The van der Waals surface area contributed by atoms with E-state index in [2.05, 4.69) is 10.6 Å². The topological polar surface area (TPSA) is 98.8 Å². The van der Waals surface area contributed by atoms with E-state index in [0.29, 0.717) is 17.3 Å². The largest absolute Gasteiger partial charge is 0.341 e. The number of carbonyl (C=O) groups is 2. The zero-order valence-corrected chi connectivity index (χ0v) is 17.0. The number of nitrogens with zero attached hydrogens (tertiary/aromatic N) is 2. The van der Waals surface area contributed by atoms with Gasteiger partial charge in [0, 0.05) is 33.2 Å². The van der Waals surface area contributed by atoms with Crippen LogP contribution in [0.5, 0.6) is 0 Å². The number of sulfonamides is 1. The number of carbonyl (C=O) groups excluding carboxylic acids is 2. The second-order valence-electron chi connectivity index (χ2n) is 6.25. The summed E-state index contributed by atoms with van der Waals surface area (Å²) < 4.78 is 27.2. The molecular weight excluding hydrogens is 400 g/mol. The number of thiophene rings is 1. The Bertz CT molecular complexity index is 908. The van der Waals surface area contributed by atoms with Gasteiger partial charge in [-0.15, -0.1) is 11.3 Å². The third-order valence-electron chi connectivity index (χ3n) is 4.56. The number of hydrogen-bond acceptors (Lipinski definition) is 6. The Morgan fingerprint density at radius 2 is 1.71 bits per heavy atom. The maximum Gasteiger partial charge on any atom is 0.321 e. The number of benzene rings is 1. The Balaban J connectivity index is 1.76. The van der Waals surface area contributed by atoms with Gasteiger partial charge in [-0.05, 0) is 17.0 Å². The van der Waals surface area contributed by atoms with Crippen LogP contribution in [0.15, 0.2) is 52.1 Å². The molecule has 10 heteroatoms. The van der Waals surface area contributed by atoms with Crippen molar-refractivity contribution in [2.45, 2.75) is 10.3 Å². The van der Waals surface area contributed by atoms with E-state index in [1.165, 1.54) is 22.7 Å². The number of piperazine rings is 1. The molecular formula is C18H22N4O4S2. The first kappa shape index (κ1) is 20.5. The van der Waals surface area contributed by atoms with Gasteiger partial charge in [0.15, 0.2) is 0 Å². The summed E-state index contributed by atoms with van der Waals surface area (Å²) in [4.78, 5) is 26.2. The highest BCUT2D eigenvalue weighted by molar-refractivity contribution is 7.91. The van der Waals surface area contributed by atoms with Crippen LogP contribution in [0.3, 0.4) is 0 Å². The predicted molar refractivity (Wildman–Crippen MR) is 106 cm³/mol. The smallest absolute Gasteiger partial charge is 0.321 e. The lowest BCUT2D eigenvalue weighted by Crippen LogP contribution is -2.53. The molecule has 2 aromatic rings. The number of imide groups is 1. The quantitative estimate of drug-likeness (QED) is 0.756. The first-order chi connectivity index (χ1) is 13.4. The Morgan fingerprint density at radius 1 is 1.04 bits per heavy atom. The third kappa shape index (κ3) is 4.41. The molecule has 1 aromatic carbocycles. The maximum atomic E-state index is 12.7. The molecule has 2 N–H and O–H groups in total. The van der Waals surface area contributed by atoms with Gasteiger partial charge in [0.2, 0.25) is 5.91 Å². The molecule has 0 spiro atoms. The van der Waals surface area contributed by atoms with E-state index in [-0.39, 0.29) is 13.1 Å². The van der Waals surface area contributed by atoms with Gasteiger partial charge < -0.3 is 5.32 Å². The van der Waals surface area contributed by atoms with E-state index < -0.39 is 28.0 Å². The Labute approximate surface area is 168 Å². The SMILES string of the molecule is CNC(=O)NC(=O)[C@H](c1ccccc1)N1CCN(S(=O)(=O)c2cccs2)CC1. The maximum absolute atomic E-state index is 12.7. The fourth-order valence-electron chi connectivity index (χ4n) is 3.15. The summed E-state index contributed by atoms with van der Waals surface area (Å²) >= 11 is 1.19. The van der Waals surface area contributed by atoms with Gasteiger partial charge in [-0.1, -0.05) is 36.4 Å². The van der Waals surface area contributed by atoms with Crippen molar-refractivity contribution in [1.82, 2.24) is 19.8 Å². The molecule has 28 heavy (non-hydrogen) atoms. The molecule has 1 aliphatic heterocycles. The van der Waals surface area contributed by atoms with Crippen molar-refractivity contribution in [2.24, 2.45) is 0 Å². The third-order valence-corrected chi connectivity index (χ3v) is 7.83. The van der Waals surface area contributed by atoms with Crippen molar-refractivity contribution in [1.29, 1.82) is 0 Å². The highest BCUT2D eigenvalue weighted by Crippen LogP contribution is 2.26. The van der Waals surface area contributed by atoms with Crippen LogP contribution in [0.25, 0.3) is 0 Å². The van der Waals surface area contributed by atoms with E-state index in [0.717, 1.165) is 5.56 Å². The first-order valence-corrected chi connectivity index (χ1v) is 11.1. The van der Waals surface area contributed by atoms with Gasteiger partial charge in [0.05, 0.1) is 0 Å². The van der Waals surface area contributed by atoms with E-state index in [1.807, 2.05) is 35.2 Å². The fraction of sp³-hybridized carbons (Fsp3) is 0.333. The summed E-state index contributed by atoms with van der Waals surface area (Å²) in [5, 5.41) is 6.43. The standard InChI is InChI=1S/C18H22N4O4S2/c1-19-18(24)20-17(23)16(14-6-3-2-4-7-14)21-9-11-22(12-10-21)28(25,26)15-8-5-13-27-15/h2-8,13,16H,9-12H2,1H3,(H2,19,20,23,24)/t16-/m0/s1. The van der Waals surface area contributed by atoms with Crippen molar-refractivity contribution in [3.63, 3.8) is 0 Å². The summed E-state index contributed by atoms with van der Waals surface area (Å²) in [6.45, 7) is 1.31. The van der Waals surface area contributed by atoms with Crippen LogP contribution >= 0.6 is 11.3 Å². The number of urea groups is 1. The van der Waals surface area contributed by atoms with Crippen LogP contribution in [0.2, 0.25) is 0 Å². The molecule has 2 heterocycles. The van der Waals surface area contributed by atoms with Crippen molar-refractivity contribution in [2.75, 3.05) is 33.2 Å². The molecule has 3 rings (SSSR count). The van der Waals surface area contributed by atoms with Crippen molar-refractivity contribution < 1.29 is 18.0 Å². The lowest BCUT2D eigenvalue weighted by molar-refractivity contribution is -0.126. The first-order valence-electron chi connectivity index (χ1n) is 8.78. The van der Waals surface area contributed by atoms with Gasteiger partial charge in [-0.2, -0.15) is 4.31 Å². The van der Waals surface area contributed by atoms with E-state index in [9.17, 15) is 18.0 Å². The van der Waals surface area contributed by atoms with Crippen LogP contribution in [-0.2, 0) is 14.8 Å². The van der Waals surface area contributed by atoms with E-state index in [4.69, 9.17) is 0 Å². The number of rotatable bonds is 5. The second kappa shape index (κ2) is 8.82. The summed E-state index contributed by atoms with van der Waals surface area (Å²) in [6.07, 6.45) is 0. The molecule has 150 valence electrons. The molecule has 3 amide bonds. The lowest BCUT2D eigenvalue weighted by Gasteiger charge is -2.37. The average molecular weight is 423 g/mol. The minimum atomic E-state index is -3.52. The van der Waals surface area contributed by atoms with E-state index >= 15 is 0 Å². The van der Waals surface area contributed by atoms with Gasteiger partial charge in [0.1, 0.15) is 10.3 Å². The molecule has 0 unspecified atom stereocenters. The molecule has 1 saturated heterocycles. The van der Waals surface area contributed by atoms with Crippen molar-refractivity contribution in [3.05, 3.63) is 53.4 Å². The van der Waals surface area contributed by atoms with Gasteiger partial charge in [-0.3, -0.25) is 15.0 Å². The molecule has 0 radical (unpaired) electrons. The van der Waals surface area contributed by atoms with Crippen LogP contribution < -0.4 is 10.6 Å². The van der Waals surface area contributed by atoms with Crippen LogP contribution in [0.1, 0.15) is 11.6 Å². The fourth-order valence-corrected chi connectivity index (χ4v) is 5.71. The summed E-state index contributed by atoms with van der Waals surface area (Å²) in [5.74, 6) is -0.444. The van der Waals surface area contributed by atoms with Gasteiger partial charge in [0.25, 0.3) is 10.0 Å². The van der Waals surface area contributed by atoms with E-state index in [1.54, 1.807) is 17.5 Å². The minimum absolute atomic E-state index is 0.275. The molecule has 1 atom stereocenters. The highest BCUT2D eigenvalue weighted by atomic mass is 32.2. The van der Waals surface area contributed by atoms with Crippen LogP contribution in [0.4, 0.5) is 4.79 Å². The predicted octanol–water partition coefficient (Wildman–Crippen LogP) is 1.25. The van der Waals surface area contributed by atoms with Crippen LogP contribution in [-0.4, -0.2) is 62.8 Å². The average Bonchev–Trinajstić information content (AvgIpc) is 3.25. The molecule has 0 aliphatic carbocycles. The summed E-state index contributed by atoms with van der Waals surface area (Å²) in [7, 11) is -2.08. The van der Waals surface area contributed by atoms with Gasteiger partial charge >= 0.3 is 6.03 Å². The minimum Gasteiger partial charge on any atom is -0.341 e. The molecule has 8 nitrogen and oxygen atoms in total. The lowest BCUT2D eigenvalue weighted by atomic mass is 10.0. The Morgan fingerprint density at radius 3 is 2.29 bits per heavy atom. The molecule has 0 saturated carbocycles. The van der Waals surface area contributed by atoms with Crippen molar-refractivity contribution >= 4 is 33.3 Å².